The van der Waals surface area contributed by atoms with Gasteiger partial charge in [0.25, 0.3) is 0 Å². The number of anilines is 1. The van der Waals surface area contributed by atoms with Gasteiger partial charge in [-0.15, -0.1) is 0 Å². The van der Waals surface area contributed by atoms with Gasteiger partial charge in [0.05, 0.1) is 29.5 Å². The minimum absolute atomic E-state index is 0.0116. The van der Waals surface area contributed by atoms with Gasteiger partial charge in [0.2, 0.25) is 0 Å². The zero-order valence-electron chi connectivity index (χ0n) is 22.8. The summed E-state index contributed by atoms with van der Waals surface area (Å²) in [5.74, 6) is -0.858. The number of carboxylic acids is 1. The van der Waals surface area contributed by atoms with Gasteiger partial charge < -0.3 is 25.5 Å². The maximum Gasteiger partial charge on any atom is 0.305 e. The van der Waals surface area contributed by atoms with Crippen molar-refractivity contribution in [3.8, 4) is 0 Å². The molecule has 0 bridgehead atoms. The number of aliphatic carboxylic acids is 1. The number of allylic oxidation sites excluding steroid dienone is 2. The van der Waals surface area contributed by atoms with Crippen LogP contribution in [0.3, 0.4) is 0 Å². The number of carbonyl (C=O) groups is 1. The fourth-order valence-electron chi connectivity index (χ4n) is 3.92. The van der Waals surface area contributed by atoms with E-state index >= 15 is 0 Å². The number of nitrogens with zero attached hydrogens (tertiary/aromatic N) is 3. The molecule has 1 aliphatic carbocycles. The Balaban J connectivity index is 0.00000274. The lowest BCUT2D eigenvalue weighted by molar-refractivity contribution is -0.137. The Bertz CT molecular complexity index is 829. The largest absolute Gasteiger partial charge is 0.481 e. The van der Waals surface area contributed by atoms with Crippen molar-refractivity contribution in [2.75, 3.05) is 32.2 Å². The summed E-state index contributed by atoms with van der Waals surface area (Å²) >= 11 is 12.6. The van der Waals surface area contributed by atoms with Gasteiger partial charge in [-0.3, -0.25) is 4.79 Å². The number of nitrogens with two attached hydrogens (primary N) is 1. The molecule has 0 saturated heterocycles. The molecular formula is C27H46Cl2N4O2. The molecule has 0 saturated carbocycles. The standard InChI is InChI=1S/C23H34Cl2N4O2.2C2H6/c1-5-27(3)21-10-8-6-7-9-19(26)23(21)28(4)15-29(16(2)13-22(30)31)20-12-11-17(24)14-18(20)25;2*1-2/h6,8,11-12,14,16,19H,5,7,9-10,13,15,26H2,1-4H3,(H,30,31);2*1-2H3/b8-6-,23-21-;;. The van der Waals surface area contributed by atoms with Crippen LogP contribution in [-0.4, -0.2) is 60.3 Å². The average molecular weight is 530 g/mol. The summed E-state index contributed by atoms with van der Waals surface area (Å²) < 4.78 is 0. The number of halogens is 2. The second-order valence-corrected chi connectivity index (χ2v) is 8.90. The van der Waals surface area contributed by atoms with Crippen LogP contribution in [-0.2, 0) is 4.79 Å². The van der Waals surface area contributed by atoms with Crippen LogP contribution in [0.1, 0.15) is 67.2 Å². The van der Waals surface area contributed by atoms with E-state index < -0.39 is 5.97 Å². The van der Waals surface area contributed by atoms with E-state index in [2.05, 4.69) is 35.9 Å². The first-order valence-electron chi connectivity index (χ1n) is 12.6. The lowest BCUT2D eigenvalue weighted by Gasteiger charge is -2.40. The molecule has 0 spiro atoms. The molecule has 2 unspecified atom stereocenters. The molecule has 6 nitrogen and oxygen atoms in total. The molecule has 2 rings (SSSR count). The van der Waals surface area contributed by atoms with Gasteiger partial charge in [0.15, 0.2) is 0 Å². The Kier molecular flexibility index (Phi) is 16.6. The molecule has 0 radical (unpaired) electrons. The Labute approximate surface area is 223 Å². The number of carboxylic acid groups (broad SMARTS) is 1. The van der Waals surface area contributed by atoms with E-state index in [1.807, 2.05) is 52.6 Å². The van der Waals surface area contributed by atoms with Crippen LogP contribution in [0.2, 0.25) is 10.0 Å². The van der Waals surface area contributed by atoms with E-state index in [9.17, 15) is 9.90 Å². The topological polar surface area (TPSA) is 73.0 Å². The summed E-state index contributed by atoms with van der Waals surface area (Å²) in [6.45, 7) is 13.3. The van der Waals surface area contributed by atoms with Gasteiger partial charge in [-0.2, -0.15) is 0 Å². The third-order valence-corrected chi connectivity index (χ3v) is 6.24. The van der Waals surface area contributed by atoms with E-state index in [0.29, 0.717) is 16.7 Å². The van der Waals surface area contributed by atoms with Gasteiger partial charge in [0, 0.05) is 49.9 Å². The molecular weight excluding hydrogens is 483 g/mol. The first-order valence-corrected chi connectivity index (χ1v) is 13.4. The normalized spacial score (nSPS) is 19.0. The van der Waals surface area contributed by atoms with Crippen LogP contribution >= 0.6 is 23.2 Å². The molecule has 0 fully saturated rings. The lowest BCUT2D eigenvalue weighted by atomic mass is 10.0. The number of rotatable bonds is 9. The molecule has 0 amide bonds. The van der Waals surface area contributed by atoms with Crippen molar-refractivity contribution in [1.29, 1.82) is 0 Å². The van der Waals surface area contributed by atoms with Crippen molar-refractivity contribution in [3.63, 3.8) is 0 Å². The average Bonchev–Trinajstić information content (AvgIpc) is 2.82. The number of likely N-dealkylation sites (N-methyl/N-ethyl adjacent to an activating group) is 1. The Morgan fingerprint density at radius 2 is 1.77 bits per heavy atom. The summed E-state index contributed by atoms with van der Waals surface area (Å²) in [4.78, 5) is 17.8. The zero-order valence-corrected chi connectivity index (χ0v) is 24.3. The Morgan fingerprint density at radius 1 is 1.14 bits per heavy atom. The predicted octanol–water partition coefficient (Wildman–Crippen LogP) is 6.84. The second-order valence-electron chi connectivity index (χ2n) is 8.06. The number of hydrogen-bond donors (Lipinski definition) is 2. The highest BCUT2D eigenvalue weighted by Crippen LogP contribution is 2.32. The Hall–Kier alpha value is -1.89. The third kappa shape index (κ3) is 10.3. The highest BCUT2D eigenvalue weighted by atomic mass is 35.5. The van der Waals surface area contributed by atoms with Crippen LogP contribution < -0.4 is 10.6 Å². The van der Waals surface area contributed by atoms with Crippen molar-refractivity contribution in [2.24, 2.45) is 5.73 Å². The van der Waals surface area contributed by atoms with Gasteiger partial charge in [-0.25, -0.2) is 0 Å². The molecule has 35 heavy (non-hydrogen) atoms. The van der Waals surface area contributed by atoms with Crippen LogP contribution in [0.15, 0.2) is 41.7 Å². The SMILES string of the molecule is CC.CC.CCN(C)/C1=C(\N(C)CN(c2ccc(Cl)cc2Cl)C(C)CC(=O)O)C(N)CC/C=C\C1. The van der Waals surface area contributed by atoms with Crippen molar-refractivity contribution < 1.29 is 9.90 Å². The quantitative estimate of drug-likeness (QED) is 0.270. The number of hydrogen-bond acceptors (Lipinski definition) is 5. The van der Waals surface area contributed by atoms with E-state index in [-0.39, 0.29) is 18.5 Å². The van der Waals surface area contributed by atoms with Gasteiger partial charge in [0.1, 0.15) is 0 Å². The minimum Gasteiger partial charge on any atom is -0.481 e. The highest BCUT2D eigenvalue weighted by Gasteiger charge is 2.26. The molecule has 0 aromatic heterocycles. The van der Waals surface area contributed by atoms with Crippen LogP contribution in [0.4, 0.5) is 5.69 Å². The first-order chi connectivity index (χ1) is 16.6. The molecule has 0 heterocycles. The van der Waals surface area contributed by atoms with Gasteiger partial charge >= 0.3 is 5.97 Å². The smallest absolute Gasteiger partial charge is 0.305 e. The van der Waals surface area contributed by atoms with E-state index in [0.717, 1.165) is 37.2 Å². The summed E-state index contributed by atoms with van der Waals surface area (Å²) in [6, 6.07) is 4.89. The molecule has 200 valence electrons. The third-order valence-electron chi connectivity index (χ3n) is 5.70. The summed E-state index contributed by atoms with van der Waals surface area (Å²) in [5, 5.41) is 10.4. The maximum atomic E-state index is 11.4. The van der Waals surface area contributed by atoms with E-state index in [1.165, 1.54) is 5.70 Å². The second kappa shape index (κ2) is 17.5. The predicted molar refractivity (Wildman–Crippen MR) is 152 cm³/mol. The summed E-state index contributed by atoms with van der Waals surface area (Å²) in [7, 11) is 4.08. The lowest BCUT2D eigenvalue weighted by Crippen LogP contribution is -2.46. The van der Waals surface area contributed by atoms with E-state index in [1.54, 1.807) is 12.1 Å². The molecule has 1 aliphatic rings. The molecule has 0 aliphatic heterocycles. The fraction of sp³-hybridized carbons (Fsp3) is 0.593. The molecule has 8 heteroatoms. The van der Waals surface area contributed by atoms with E-state index in [4.69, 9.17) is 28.9 Å². The van der Waals surface area contributed by atoms with Crippen molar-refractivity contribution in [3.05, 3.63) is 51.8 Å². The zero-order chi connectivity index (χ0) is 27.1. The van der Waals surface area contributed by atoms with Crippen LogP contribution in [0.25, 0.3) is 0 Å². The minimum atomic E-state index is -0.858. The molecule has 1 aromatic carbocycles. The number of benzene rings is 1. The molecule has 2 atom stereocenters. The van der Waals surface area contributed by atoms with Crippen molar-refractivity contribution in [2.45, 2.75) is 79.3 Å². The monoisotopic (exact) mass is 528 g/mol. The summed E-state index contributed by atoms with van der Waals surface area (Å²) in [5.41, 5.74) is 9.64. The van der Waals surface area contributed by atoms with Gasteiger partial charge in [-0.05, 0) is 44.9 Å². The van der Waals surface area contributed by atoms with Crippen molar-refractivity contribution >= 4 is 34.9 Å². The maximum absolute atomic E-state index is 11.4. The molecule has 1 aromatic rings. The highest BCUT2D eigenvalue weighted by molar-refractivity contribution is 6.36. The van der Waals surface area contributed by atoms with Crippen LogP contribution in [0.5, 0.6) is 0 Å². The summed E-state index contributed by atoms with van der Waals surface area (Å²) in [6.07, 6.45) is 6.97. The Morgan fingerprint density at radius 3 is 2.31 bits per heavy atom. The van der Waals surface area contributed by atoms with Crippen LogP contribution in [0, 0.1) is 0 Å². The molecule has 3 N–H and O–H groups in total. The van der Waals surface area contributed by atoms with Gasteiger partial charge in [-0.1, -0.05) is 63.0 Å². The fourth-order valence-corrected chi connectivity index (χ4v) is 4.44. The first kappa shape index (κ1) is 33.1. The van der Waals surface area contributed by atoms with Crippen molar-refractivity contribution in [1.82, 2.24) is 9.80 Å².